The lowest BCUT2D eigenvalue weighted by Gasteiger charge is -2.45. The molecule has 1 atom stereocenters. The fourth-order valence-corrected chi connectivity index (χ4v) is 2.48. The minimum Gasteiger partial charge on any atom is -0.319 e. The van der Waals surface area contributed by atoms with Crippen LogP contribution < -0.4 is 5.32 Å². The van der Waals surface area contributed by atoms with Gasteiger partial charge in [0.15, 0.2) is 0 Å². The fraction of sp³-hybridized carbons (Fsp3) is 1.00. The molecule has 1 saturated heterocycles. The van der Waals surface area contributed by atoms with Crippen molar-refractivity contribution >= 4 is 0 Å². The SMILES string of the molecule is CCCN1CC(CNC)CCC1(C)C. The minimum atomic E-state index is 0.431. The van der Waals surface area contributed by atoms with Gasteiger partial charge in [0.1, 0.15) is 0 Å². The van der Waals surface area contributed by atoms with Crippen molar-refractivity contribution in [3.05, 3.63) is 0 Å². The van der Waals surface area contributed by atoms with E-state index in [-0.39, 0.29) is 0 Å². The Hall–Kier alpha value is -0.0800. The second-order valence-corrected chi connectivity index (χ2v) is 5.22. The van der Waals surface area contributed by atoms with Crippen molar-refractivity contribution in [3.8, 4) is 0 Å². The molecule has 2 heteroatoms. The zero-order valence-electron chi connectivity index (χ0n) is 10.3. The van der Waals surface area contributed by atoms with Crippen molar-refractivity contribution in [2.45, 2.75) is 45.6 Å². The lowest BCUT2D eigenvalue weighted by molar-refractivity contribution is 0.0459. The molecule has 1 aliphatic heterocycles. The summed E-state index contributed by atoms with van der Waals surface area (Å²) in [6, 6.07) is 0. The zero-order chi connectivity index (χ0) is 10.6. The van der Waals surface area contributed by atoms with Gasteiger partial charge in [0.25, 0.3) is 0 Å². The molecule has 84 valence electrons. The molecular weight excluding hydrogens is 172 g/mol. The van der Waals surface area contributed by atoms with Gasteiger partial charge in [0.2, 0.25) is 0 Å². The Bertz CT molecular complexity index is 166. The molecule has 0 aromatic heterocycles. The largest absolute Gasteiger partial charge is 0.319 e. The average molecular weight is 198 g/mol. The molecule has 1 N–H and O–H groups in total. The molecule has 2 nitrogen and oxygen atoms in total. The third-order valence-electron chi connectivity index (χ3n) is 3.49. The minimum absolute atomic E-state index is 0.431. The number of likely N-dealkylation sites (tertiary alicyclic amines) is 1. The third kappa shape index (κ3) is 2.96. The molecule has 0 amide bonds. The molecule has 1 rings (SSSR count). The lowest BCUT2D eigenvalue weighted by atomic mass is 9.84. The van der Waals surface area contributed by atoms with Crippen LogP contribution in [0, 0.1) is 5.92 Å². The summed E-state index contributed by atoms with van der Waals surface area (Å²) >= 11 is 0. The summed E-state index contributed by atoms with van der Waals surface area (Å²) < 4.78 is 0. The third-order valence-corrected chi connectivity index (χ3v) is 3.49. The van der Waals surface area contributed by atoms with Gasteiger partial charge in [0.05, 0.1) is 0 Å². The van der Waals surface area contributed by atoms with Crippen LogP contribution in [-0.2, 0) is 0 Å². The Morgan fingerprint density at radius 2 is 2.14 bits per heavy atom. The highest BCUT2D eigenvalue weighted by Gasteiger charge is 2.32. The second-order valence-electron chi connectivity index (χ2n) is 5.22. The lowest BCUT2D eigenvalue weighted by Crippen LogP contribution is -2.51. The molecular formula is C12H26N2. The number of nitrogens with zero attached hydrogens (tertiary/aromatic N) is 1. The standard InChI is InChI=1S/C12H26N2/c1-5-8-14-10-11(9-13-4)6-7-12(14,2)3/h11,13H,5-10H2,1-4H3. The molecule has 0 aromatic rings. The van der Waals surface area contributed by atoms with Gasteiger partial charge in [-0.2, -0.15) is 0 Å². The number of rotatable bonds is 4. The van der Waals surface area contributed by atoms with Crippen molar-refractivity contribution in [3.63, 3.8) is 0 Å². The van der Waals surface area contributed by atoms with Crippen LogP contribution >= 0.6 is 0 Å². The van der Waals surface area contributed by atoms with E-state index in [1.54, 1.807) is 0 Å². The molecule has 0 saturated carbocycles. The first-order valence-corrected chi connectivity index (χ1v) is 6.00. The summed E-state index contributed by atoms with van der Waals surface area (Å²) in [5, 5.41) is 3.30. The molecule has 0 radical (unpaired) electrons. The van der Waals surface area contributed by atoms with Crippen molar-refractivity contribution in [1.82, 2.24) is 10.2 Å². The molecule has 0 bridgehead atoms. The summed E-state index contributed by atoms with van der Waals surface area (Å²) in [6.07, 6.45) is 4.00. The van der Waals surface area contributed by atoms with Crippen LogP contribution in [0.25, 0.3) is 0 Å². The number of piperidine rings is 1. The van der Waals surface area contributed by atoms with E-state index in [2.05, 4.69) is 38.0 Å². The second kappa shape index (κ2) is 5.13. The summed E-state index contributed by atoms with van der Waals surface area (Å²) in [4.78, 5) is 2.67. The predicted octanol–water partition coefficient (Wildman–Crippen LogP) is 2.11. The fourth-order valence-electron chi connectivity index (χ4n) is 2.48. The first-order chi connectivity index (χ1) is 6.60. The average Bonchev–Trinajstić information content (AvgIpc) is 2.12. The maximum absolute atomic E-state index is 3.30. The van der Waals surface area contributed by atoms with Gasteiger partial charge in [-0.1, -0.05) is 6.92 Å². The van der Waals surface area contributed by atoms with Gasteiger partial charge in [-0.05, 0) is 59.2 Å². The molecule has 1 unspecified atom stereocenters. The highest BCUT2D eigenvalue weighted by Crippen LogP contribution is 2.30. The molecule has 0 aliphatic carbocycles. The normalized spacial score (nSPS) is 27.9. The molecule has 1 fully saturated rings. The Kier molecular flexibility index (Phi) is 4.39. The Morgan fingerprint density at radius 3 is 2.71 bits per heavy atom. The molecule has 1 aliphatic rings. The zero-order valence-corrected chi connectivity index (χ0v) is 10.3. The Balaban J connectivity index is 2.49. The van der Waals surface area contributed by atoms with Gasteiger partial charge in [0, 0.05) is 12.1 Å². The van der Waals surface area contributed by atoms with Gasteiger partial charge >= 0.3 is 0 Å². The van der Waals surface area contributed by atoms with Crippen LogP contribution in [0.4, 0.5) is 0 Å². The Labute approximate surface area is 89.1 Å². The number of nitrogens with one attached hydrogen (secondary N) is 1. The summed E-state index contributed by atoms with van der Waals surface area (Å²) in [5.74, 6) is 0.861. The summed E-state index contributed by atoms with van der Waals surface area (Å²) in [6.45, 7) is 10.8. The predicted molar refractivity (Wildman–Crippen MR) is 62.6 cm³/mol. The van der Waals surface area contributed by atoms with E-state index in [1.165, 1.54) is 38.9 Å². The van der Waals surface area contributed by atoms with E-state index in [4.69, 9.17) is 0 Å². The van der Waals surface area contributed by atoms with Crippen LogP contribution in [0.15, 0.2) is 0 Å². The topological polar surface area (TPSA) is 15.3 Å². The Morgan fingerprint density at radius 1 is 1.43 bits per heavy atom. The van der Waals surface area contributed by atoms with Crippen LogP contribution in [0.1, 0.15) is 40.0 Å². The number of hydrogen-bond donors (Lipinski definition) is 1. The van der Waals surface area contributed by atoms with Gasteiger partial charge in [-0.15, -0.1) is 0 Å². The van der Waals surface area contributed by atoms with Crippen molar-refractivity contribution in [2.75, 3.05) is 26.7 Å². The molecule has 1 heterocycles. The smallest absolute Gasteiger partial charge is 0.0153 e. The first kappa shape index (κ1) is 12.0. The monoisotopic (exact) mass is 198 g/mol. The maximum Gasteiger partial charge on any atom is 0.0153 e. The molecule has 14 heavy (non-hydrogen) atoms. The first-order valence-electron chi connectivity index (χ1n) is 6.00. The van der Waals surface area contributed by atoms with Crippen LogP contribution in [0.5, 0.6) is 0 Å². The summed E-state index contributed by atoms with van der Waals surface area (Å²) in [5.41, 5.74) is 0.431. The van der Waals surface area contributed by atoms with Crippen LogP contribution in [0.2, 0.25) is 0 Å². The van der Waals surface area contributed by atoms with E-state index in [0.29, 0.717) is 5.54 Å². The van der Waals surface area contributed by atoms with Crippen molar-refractivity contribution < 1.29 is 0 Å². The summed E-state index contributed by atoms with van der Waals surface area (Å²) in [7, 11) is 2.06. The van der Waals surface area contributed by atoms with E-state index < -0.39 is 0 Å². The van der Waals surface area contributed by atoms with Gasteiger partial charge in [-0.25, -0.2) is 0 Å². The number of hydrogen-bond acceptors (Lipinski definition) is 2. The van der Waals surface area contributed by atoms with Crippen LogP contribution in [0.3, 0.4) is 0 Å². The maximum atomic E-state index is 3.30. The van der Waals surface area contributed by atoms with E-state index in [0.717, 1.165) is 5.92 Å². The van der Waals surface area contributed by atoms with Crippen LogP contribution in [-0.4, -0.2) is 37.1 Å². The van der Waals surface area contributed by atoms with E-state index in [9.17, 15) is 0 Å². The van der Waals surface area contributed by atoms with E-state index in [1.807, 2.05) is 0 Å². The van der Waals surface area contributed by atoms with Crippen molar-refractivity contribution in [1.29, 1.82) is 0 Å². The molecule has 0 spiro atoms. The van der Waals surface area contributed by atoms with Gasteiger partial charge < -0.3 is 5.32 Å². The highest BCUT2D eigenvalue weighted by atomic mass is 15.2. The van der Waals surface area contributed by atoms with E-state index >= 15 is 0 Å². The quantitative estimate of drug-likeness (QED) is 0.744. The van der Waals surface area contributed by atoms with Gasteiger partial charge in [-0.3, -0.25) is 4.90 Å². The van der Waals surface area contributed by atoms with Crippen molar-refractivity contribution in [2.24, 2.45) is 5.92 Å². The highest BCUT2D eigenvalue weighted by molar-refractivity contribution is 4.88. The molecule has 0 aromatic carbocycles.